The third kappa shape index (κ3) is 4.44. The number of benzene rings is 2. The first-order valence-corrected chi connectivity index (χ1v) is 11.0. The van der Waals surface area contributed by atoms with Gasteiger partial charge in [-0.1, -0.05) is 23.8 Å². The Balaban J connectivity index is 1.72. The number of carbonyl (C=O) groups is 1. The van der Waals surface area contributed by atoms with Crippen molar-refractivity contribution >= 4 is 44.2 Å². The maximum atomic E-state index is 12.9. The summed E-state index contributed by atoms with van der Waals surface area (Å²) >= 11 is 2.19. The maximum Gasteiger partial charge on any atom is 0.243 e. The van der Waals surface area contributed by atoms with Gasteiger partial charge in [-0.15, -0.1) is 0 Å². The lowest BCUT2D eigenvalue weighted by Crippen LogP contribution is -2.43. The average molecular weight is 484 g/mol. The number of hydrogen-bond acceptors (Lipinski definition) is 3. The highest BCUT2D eigenvalue weighted by Gasteiger charge is 2.33. The smallest absolute Gasteiger partial charge is 0.243 e. The Bertz CT molecular complexity index is 897. The maximum absolute atomic E-state index is 12.9. The molecule has 2 aromatic rings. The minimum atomic E-state index is -3.57. The second-order valence-electron chi connectivity index (χ2n) is 6.51. The number of sulfonamides is 1. The first-order valence-electron chi connectivity index (χ1n) is 8.49. The molecule has 5 nitrogen and oxygen atoms in total. The number of anilines is 1. The topological polar surface area (TPSA) is 66.5 Å². The van der Waals surface area contributed by atoms with Crippen molar-refractivity contribution in [2.75, 3.05) is 18.4 Å². The Hall–Kier alpha value is -1.45. The molecule has 3 rings (SSSR count). The van der Waals surface area contributed by atoms with Crippen LogP contribution in [0.1, 0.15) is 18.4 Å². The van der Waals surface area contributed by atoms with E-state index in [1.807, 2.05) is 31.2 Å². The highest BCUT2D eigenvalue weighted by Crippen LogP contribution is 2.25. The average Bonchev–Trinajstić information content (AvgIpc) is 2.62. The monoisotopic (exact) mass is 484 g/mol. The highest BCUT2D eigenvalue weighted by atomic mass is 127. The summed E-state index contributed by atoms with van der Waals surface area (Å²) < 4.78 is 28.2. The number of hydrogen-bond donors (Lipinski definition) is 1. The number of halogens is 1. The zero-order valence-electron chi connectivity index (χ0n) is 14.5. The summed E-state index contributed by atoms with van der Waals surface area (Å²) in [6, 6.07) is 14.4. The second-order valence-corrected chi connectivity index (χ2v) is 9.70. The fourth-order valence-corrected chi connectivity index (χ4v) is 5.11. The van der Waals surface area contributed by atoms with E-state index in [0.717, 1.165) is 14.8 Å². The largest absolute Gasteiger partial charge is 0.326 e. The van der Waals surface area contributed by atoms with Crippen LogP contribution in [0.2, 0.25) is 0 Å². The fraction of sp³-hybridized carbons (Fsp3) is 0.316. The molecule has 0 radical (unpaired) electrons. The Morgan fingerprint density at radius 3 is 2.62 bits per heavy atom. The van der Waals surface area contributed by atoms with Crippen molar-refractivity contribution in [1.82, 2.24) is 4.31 Å². The Labute approximate surface area is 168 Å². The van der Waals surface area contributed by atoms with Crippen LogP contribution in [0.5, 0.6) is 0 Å². The van der Waals surface area contributed by atoms with Gasteiger partial charge >= 0.3 is 0 Å². The van der Waals surface area contributed by atoms with Crippen LogP contribution in [-0.4, -0.2) is 31.7 Å². The van der Waals surface area contributed by atoms with Crippen LogP contribution in [0.15, 0.2) is 53.4 Å². The number of rotatable bonds is 4. The normalized spacial score (nSPS) is 18.5. The van der Waals surface area contributed by atoms with Gasteiger partial charge in [0.2, 0.25) is 15.9 Å². The van der Waals surface area contributed by atoms with Gasteiger partial charge in [0, 0.05) is 22.3 Å². The van der Waals surface area contributed by atoms with E-state index in [4.69, 9.17) is 0 Å². The number of nitrogens with zero attached hydrogens (tertiary/aromatic N) is 1. The highest BCUT2D eigenvalue weighted by molar-refractivity contribution is 14.1. The van der Waals surface area contributed by atoms with Gasteiger partial charge in [0.05, 0.1) is 10.8 Å². The van der Waals surface area contributed by atoms with Crippen LogP contribution in [-0.2, 0) is 14.8 Å². The first-order chi connectivity index (χ1) is 12.4. The van der Waals surface area contributed by atoms with E-state index in [2.05, 4.69) is 27.9 Å². The lowest BCUT2D eigenvalue weighted by molar-refractivity contribution is -0.120. The predicted molar refractivity (Wildman–Crippen MR) is 110 cm³/mol. The summed E-state index contributed by atoms with van der Waals surface area (Å²) in [7, 11) is -3.57. The number of carbonyl (C=O) groups excluding carboxylic acids is 1. The van der Waals surface area contributed by atoms with Crippen LogP contribution in [0.25, 0.3) is 0 Å². The van der Waals surface area contributed by atoms with Crippen molar-refractivity contribution in [1.29, 1.82) is 0 Å². The summed E-state index contributed by atoms with van der Waals surface area (Å²) in [4.78, 5) is 12.9. The third-order valence-corrected chi connectivity index (χ3v) is 7.06. The molecule has 2 aromatic carbocycles. The van der Waals surface area contributed by atoms with Crippen LogP contribution >= 0.6 is 22.6 Å². The number of piperidine rings is 1. The van der Waals surface area contributed by atoms with E-state index < -0.39 is 10.0 Å². The molecular formula is C19H21IN2O3S. The minimum absolute atomic E-state index is 0.129. The van der Waals surface area contributed by atoms with Gasteiger partial charge in [-0.3, -0.25) is 4.79 Å². The Morgan fingerprint density at radius 2 is 1.92 bits per heavy atom. The van der Waals surface area contributed by atoms with Crippen molar-refractivity contribution in [2.24, 2.45) is 5.92 Å². The molecule has 0 bridgehead atoms. The molecule has 0 unspecified atom stereocenters. The van der Waals surface area contributed by atoms with Crippen LogP contribution in [0.3, 0.4) is 0 Å². The van der Waals surface area contributed by atoms with Gasteiger partial charge in [-0.2, -0.15) is 4.31 Å². The van der Waals surface area contributed by atoms with Crippen LogP contribution in [0.4, 0.5) is 5.69 Å². The van der Waals surface area contributed by atoms with Crippen molar-refractivity contribution in [2.45, 2.75) is 24.7 Å². The minimum Gasteiger partial charge on any atom is -0.326 e. The molecule has 0 saturated carbocycles. The Morgan fingerprint density at radius 1 is 1.19 bits per heavy atom. The van der Waals surface area contributed by atoms with Crippen LogP contribution in [0, 0.1) is 16.4 Å². The van der Waals surface area contributed by atoms with E-state index >= 15 is 0 Å². The molecule has 138 valence electrons. The molecule has 1 aliphatic rings. The molecule has 1 saturated heterocycles. The molecule has 0 aromatic heterocycles. The first kappa shape index (κ1) is 19.3. The van der Waals surface area contributed by atoms with Gasteiger partial charge in [0.25, 0.3) is 0 Å². The predicted octanol–water partition coefficient (Wildman–Crippen LogP) is 3.64. The van der Waals surface area contributed by atoms with E-state index in [1.54, 1.807) is 24.3 Å². The Kier molecular flexibility index (Phi) is 5.99. The van der Waals surface area contributed by atoms with Crippen molar-refractivity contribution in [3.63, 3.8) is 0 Å². The van der Waals surface area contributed by atoms with Crippen molar-refractivity contribution < 1.29 is 13.2 Å². The summed E-state index contributed by atoms with van der Waals surface area (Å²) in [5, 5.41) is 2.91. The zero-order valence-corrected chi connectivity index (χ0v) is 17.5. The molecule has 1 atom stereocenters. The second kappa shape index (κ2) is 8.06. The van der Waals surface area contributed by atoms with Gasteiger partial charge in [-0.05, 0) is 72.7 Å². The molecule has 1 N–H and O–H groups in total. The lowest BCUT2D eigenvalue weighted by atomic mass is 9.99. The number of amides is 1. The van der Waals surface area contributed by atoms with Gasteiger partial charge in [0.15, 0.2) is 0 Å². The van der Waals surface area contributed by atoms with Crippen molar-refractivity contribution in [3.8, 4) is 0 Å². The molecule has 26 heavy (non-hydrogen) atoms. The molecule has 1 aliphatic heterocycles. The van der Waals surface area contributed by atoms with Gasteiger partial charge < -0.3 is 5.32 Å². The third-order valence-electron chi connectivity index (χ3n) is 4.51. The SMILES string of the molecule is Cc1ccc(S(=O)(=O)N2CCC[C@H](C(=O)Nc3cccc(I)c3)C2)cc1. The molecule has 0 spiro atoms. The summed E-state index contributed by atoms with van der Waals surface area (Å²) in [5.74, 6) is -0.474. The number of nitrogens with one attached hydrogen (secondary N) is 1. The van der Waals surface area contributed by atoms with E-state index in [9.17, 15) is 13.2 Å². The lowest BCUT2D eigenvalue weighted by Gasteiger charge is -2.31. The summed E-state index contributed by atoms with van der Waals surface area (Å²) in [6.07, 6.45) is 1.37. The van der Waals surface area contributed by atoms with Gasteiger partial charge in [-0.25, -0.2) is 8.42 Å². The molecule has 1 fully saturated rings. The van der Waals surface area contributed by atoms with E-state index in [0.29, 0.717) is 19.4 Å². The molecule has 1 heterocycles. The van der Waals surface area contributed by atoms with Crippen LogP contribution < -0.4 is 5.32 Å². The molecule has 0 aliphatic carbocycles. The molecule has 7 heteroatoms. The zero-order chi connectivity index (χ0) is 18.7. The van der Waals surface area contributed by atoms with E-state index in [-0.39, 0.29) is 23.3 Å². The molecular weight excluding hydrogens is 463 g/mol. The fourth-order valence-electron chi connectivity index (χ4n) is 3.04. The summed E-state index contributed by atoms with van der Waals surface area (Å²) in [6.45, 7) is 2.58. The number of aryl methyl sites for hydroxylation is 1. The van der Waals surface area contributed by atoms with Gasteiger partial charge in [0.1, 0.15) is 0 Å². The summed E-state index contributed by atoms with van der Waals surface area (Å²) in [5.41, 5.74) is 1.75. The quantitative estimate of drug-likeness (QED) is 0.675. The standard InChI is InChI=1S/C19H21IN2O3S/c1-14-7-9-18(10-8-14)26(24,25)22-11-3-4-15(13-22)19(23)21-17-6-2-5-16(20)12-17/h2,5-10,12,15H,3-4,11,13H2,1H3,(H,21,23)/t15-/m0/s1. The molecule has 1 amide bonds. The van der Waals surface area contributed by atoms with E-state index in [1.165, 1.54) is 4.31 Å². The van der Waals surface area contributed by atoms with Crippen molar-refractivity contribution in [3.05, 3.63) is 57.7 Å².